The van der Waals surface area contributed by atoms with E-state index in [1.165, 1.54) is 15.6 Å². The van der Waals surface area contributed by atoms with E-state index >= 15 is 0 Å². The third-order valence-electron chi connectivity index (χ3n) is 7.03. The predicted octanol–water partition coefficient (Wildman–Crippen LogP) is 6.47. The van der Waals surface area contributed by atoms with Crippen molar-refractivity contribution in [1.82, 2.24) is 0 Å². The molecular formula is C35H34N2Si2. The van der Waals surface area contributed by atoms with E-state index in [2.05, 4.69) is 171 Å². The molecule has 0 amide bonds. The van der Waals surface area contributed by atoms with Gasteiger partial charge in [0.15, 0.2) is 0 Å². The Morgan fingerprint density at radius 1 is 0.385 bits per heavy atom. The number of rotatable bonds is 8. The van der Waals surface area contributed by atoms with Gasteiger partial charge in [0.1, 0.15) is 8.07 Å². The van der Waals surface area contributed by atoms with Crippen LogP contribution in [0, 0.1) is 0 Å². The van der Waals surface area contributed by atoms with E-state index in [1.54, 1.807) is 0 Å². The maximum absolute atomic E-state index is 5.34. The van der Waals surface area contributed by atoms with Crippen molar-refractivity contribution in [3.05, 3.63) is 163 Å². The molecule has 0 saturated carbocycles. The zero-order chi connectivity index (χ0) is 27.1. The van der Waals surface area contributed by atoms with E-state index in [-0.39, 0.29) is 0 Å². The first-order valence-electron chi connectivity index (χ1n) is 13.5. The highest BCUT2D eigenvalue weighted by Crippen LogP contribution is 2.19. The van der Waals surface area contributed by atoms with Gasteiger partial charge in [-0.05, 0) is 26.7 Å². The molecule has 0 N–H and O–H groups in total. The fourth-order valence-electron chi connectivity index (χ4n) is 5.26. The third kappa shape index (κ3) is 5.53. The molecule has 0 spiro atoms. The molecule has 0 aliphatic carbocycles. The minimum atomic E-state index is -2.86. The number of nitrogens with zero attached hydrogens (tertiary/aromatic N) is 2. The second kappa shape index (κ2) is 11.7. The largest absolute Gasteiger partial charge is 0.205 e. The van der Waals surface area contributed by atoms with Gasteiger partial charge >= 0.3 is 0 Å². The molecule has 0 heterocycles. The van der Waals surface area contributed by atoms with E-state index < -0.39 is 16.1 Å². The number of hydrogen-bond donors (Lipinski definition) is 0. The van der Waals surface area contributed by atoms with Gasteiger partial charge in [-0.1, -0.05) is 171 Å². The molecule has 0 aliphatic rings. The zero-order valence-electron chi connectivity index (χ0n) is 22.8. The van der Waals surface area contributed by atoms with Gasteiger partial charge in [-0.15, -0.1) is 0 Å². The summed E-state index contributed by atoms with van der Waals surface area (Å²) in [5.41, 5.74) is 2.26. The molecule has 5 aromatic carbocycles. The minimum Gasteiger partial charge on any atom is -0.160 e. The Labute approximate surface area is 234 Å². The molecule has 0 atom stereocenters. The van der Waals surface area contributed by atoms with Crippen LogP contribution in [-0.4, -0.2) is 26.8 Å². The van der Waals surface area contributed by atoms with Crippen molar-refractivity contribution >= 4 is 42.4 Å². The minimum absolute atomic E-state index is 1.04. The van der Waals surface area contributed by atoms with Crippen LogP contribution >= 0.6 is 0 Å². The van der Waals surface area contributed by atoms with Crippen LogP contribution in [0.3, 0.4) is 0 Å². The highest BCUT2D eigenvalue weighted by Gasteiger charge is 2.45. The maximum Gasteiger partial charge on any atom is 0.205 e. The van der Waals surface area contributed by atoms with Crippen molar-refractivity contribution in [2.75, 3.05) is 0 Å². The van der Waals surface area contributed by atoms with Crippen LogP contribution in [-0.2, 0) is 0 Å². The highest BCUT2D eigenvalue weighted by atomic mass is 28.3. The lowest BCUT2D eigenvalue weighted by Crippen LogP contribution is -2.72. The smallest absolute Gasteiger partial charge is 0.160 e. The quantitative estimate of drug-likeness (QED) is 0.0937. The fraction of sp³-hybridized carbons (Fsp3) is 0.0857. The van der Waals surface area contributed by atoms with Crippen LogP contribution < -0.4 is 15.6 Å². The first-order valence-corrected chi connectivity index (χ1v) is 19.0. The summed E-state index contributed by atoms with van der Waals surface area (Å²) in [6.45, 7) is 7.02. The average molecular weight is 539 g/mol. The van der Waals surface area contributed by atoms with E-state index in [0.717, 1.165) is 21.8 Å². The standard InChI is InChI=1S/C35H34N2Si2/c1-38(2,3)34(29-19-9-4-10-20-29)36-37-35(30-21-11-5-12-22-30)39(31-23-13-6-14-24-31,32-25-15-7-16-26-32)33-27-17-8-18-28-33/h4-28H,1-3H3. The molecule has 4 heteroatoms. The second-order valence-electron chi connectivity index (χ2n) is 10.7. The topological polar surface area (TPSA) is 24.7 Å². The molecule has 0 aromatic heterocycles. The van der Waals surface area contributed by atoms with Crippen molar-refractivity contribution < 1.29 is 0 Å². The van der Waals surface area contributed by atoms with Gasteiger partial charge in [0, 0.05) is 0 Å². The summed E-state index contributed by atoms with van der Waals surface area (Å²) in [6.07, 6.45) is 0. The lowest BCUT2D eigenvalue weighted by atomic mass is 10.2. The summed E-state index contributed by atoms with van der Waals surface area (Å²) < 4.78 is 0. The highest BCUT2D eigenvalue weighted by molar-refractivity contribution is 7.31. The Morgan fingerprint density at radius 2 is 0.667 bits per heavy atom. The Kier molecular flexibility index (Phi) is 7.96. The van der Waals surface area contributed by atoms with Gasteiger partial charge in [0.05, 0.1) is 10.7 Å². The molecule has 0 bridgehead atoms. The predicted molar refractivity (Wildman–Crippen MR) is 173 cm³/mol. The van der Waals surface area contributed by atoms with Crippen molar-refractivity contribution in [1.29, 1.82) is 0 Å². The van der Waals surface area contributed by atoms with Gasteiger partial charge in [0.2, 0.25) is 8.07 Å². The Bertz CT molecular complexity index is 1450. The summed E-state index contributed by atoms with van der Waals surface area (Å²) in [5, 5.41) is 16.5. The molecule has 0 unspecified atom stereocenters. The summed E-state index contributed by atoms with van der Waals surface area (Å²) in [6, 6.07) is 53.9. The summed E-state index contributed by atoms with van der Waals surface area (Å²) in [4.78, 5) is 0. The Morgan fingerprint density at radius 3 is 1.00 bits per heavy atom. The molecule has 0 fully saturated rings. The lowest BCUT2D eigenvalue weighted by Gasteiger charge is -2.34. The molecule has 192 valence electrons. The Hall–Kier alpha value is -4.13. The van der Waals surface area contributed by atoms with Crippen LogP contribution in [0.15, 0.2) is 162 Å². The van der Waals surface area contributed by atoms with Gasteiger partial charge in [-0.2, -0.15) is 10.2 Å². The summed E-state index contributed by atoms with van der Waals surface area (Å²) >= 11 is 0. The first kappa shape index (κ1) is 26.5. The SMILES string of the molecule is C[Si](C)(C)C(=NN=C(c1ccccc1)[Si](c1ccccc1)(c1ccccc1)c1ccccc1)c1ccccc1. The van der Waals surface area contributed by atoms with Gasteiger partial charge in [-0.25, -0.2) is 0 Å². The monoisotopic (exact) mass is 538 g/mol. The third-order valence-corrected chi connectivity index (χ3v) is 13.5. The van der Waals surface area contributed by atoms with Crippen LogP contribution in [0.1, 0.15) is 11.1 Å². The van der Waals surface area contributed by atoms with E-state index in [1.807, 2.05) is 0 Å². The van der Waals surface area contributed by atoms with E-state index in [0.29, 0.717) is 0 Å². The average Bonchev–Trinajstić information content (AvgIpc) is 2.99. The van der Waals surface area contributed by atoms with Crippen LogP contribution in [0.4, 0.5) is 0 Å². The molecule has 5 rings (SSSR count). The number of benzene rings is 5. The van der Waals surface area contributed by atoms with Crippen molar-refractivity contribution in [3.63, 3.8) is 0 Å². The molecule has 5 aromatic rings. The van der Waals surface area contributed by atoms with Gasteiger partial charge < -0.3 is 0 Å². The van der Waals surface area contributed by atoms with Gasteiger partial charge in [-0.3, -0.25) is 0 Å². The first-order chi connectivity index (χ1) is 19.0. The normalized spacial score (nSPS) is 12.8. The van der Waals surface area contributed by atoms with Crippen LogP contribution in [0.5, 0.6) is 0 Å². The van der Waals surface area contributed by atoms with E-state index in [4.69, 9.17) is 10.2 Å². The summed E-state index contributed by atoms with van der Waals surface area (Å²) in [7, 11) is -4.70. The second-order valence-corrected chi connectivity index (χ2v) is 19.4. The summed E-state index contributed by atoms with van der Waals surface area (Å²) in [5.74, 6) is 0. The van der Waals surface area contributed by atoms with E-state index in [9.17, 15) is 0 Å². The number of hydrogen-bond acceptors (Lipinski definition) is 2. The molecule has 0 saturated heterocycles. The van der Waals surface area contributed by atoms with Crippen LogP contribution in [0.25, 0.3) is 0 Å². The molecule has 39 heavy (non-hydrogen) atoms. The van der Waals surface area contributed by atoms with Crippen molar-refractivity contribution in [2.45, 2.75) is 19.6 Å². The van der Waals surface area contributed by atoms with Gasteiger partial charge in [0.25, 0.3) is 0 Å². The zero-order valence-corrected chi connectivity index (χ0v) is 24.8. The maximum atomic E-state index is 5.34. The molecule has 0 radical (unpaired) electrons. The lowest BCUT2D eigenvalue weighted by molar-refractivity contribution is 1.24. The van der Waals surface area contributed by atoms with Crippen molar-refractivity contribution in [3.8, 4) is 0 Å². The Balaban J connectivity index is 1.92. The fourth-order valence-corrected chi connectivity index (χ4v) is 11.3. The van der Waals surface area contributed by atoms with Crippen LogP contribution in [0.2, 0.25) is 19.6 Å². The van der Waals surface area contributed by atoms with Crippen molar-refractivity contribution in [2.24, 2.45) is 10.2 Å². The molecule has 0 aliphatic heterocycles. The molecular weight excluding hydrogens is 505 g/mol. The molecule has 2 nitrogen and oxygen atoms in total.